The van der Waals surface area contributed by atoms with Gasteiger partial charge in [0.1, 0.15) is 22.2 Å². The van der Waals surface area contributed by atoms with Gasteiger partial charge in [0.05, 0.1) is 0 Å². The highest BCUT2D eigenvalue weighted by atomic mass is 32.1. The highest BCUT2D eigenvalue weighted by Gasteiger charge is 2.16. The molecule has 0 atom stereocenters. The Balaban J connectivity index is 2.26. The van der Waals surface area contributed by atoms with Gasteiger partial charge in [-0.15, -0.1) is 0 Å². The number of carbonyl (C=O) groups is 1. The molecule has 0 unspecified atom stereocenters. The lowest BCUT2D eigenvalue weighted by molar-refractivity contribution is 0.102. The third-order valence-corrected chi connectivity index (χ3v) is 3.04. The number of benzene rings is 1. The van der Waals surface area contributed by atoms with Gasteiger partial charge in [-0.05, 0) is 30.7 Å². The molecule has 3 N–H and O–H groups in total. The highest BCUT2D eigenvalue weighted by Crippen LogP contribution is 2.22. The Bertz CT molecular complexity index is 717. The maximum Gasteiger partial charge on any atom is 0.274 e. The number of carbonyl (C=O) groups excluding carboxylic acids is 1. The van der Waals surface area contributed by atoms with Crippen molar-refractivity contribution in [2.75, 3.05) is 5.32 Å². The van der Waals surface area contributed by atoms with Gasteiger partial charge in [0, 0.05) is 11.8 Å². The van der Waals surface area contributed by atoms with Crippen LogP contribution in [-0.4, -0.2) is 15.9 Å². The SMILES string of the molecule is Cc1ccc(F)c(NC(=O)c2ccc(C(N)=S)cn2)c1F. The largest absolute Gasteiger partial charge is 0.389 e. The fraction of sp³-hybridized carbons (Fsp3) is 0.0714. The maximum absolute atomic E-state index is 13.8. The number of amides is 1. The molecule has 1 amide bonds. The number of nitrogens with one attached hydrogen (secondary N) is 1. The number of hydrogen-bond donors (Lipinski definition) is 2. The van der Waals surface area contributed by atoms with Crippen molar-refractivity contribution in [3.63, 3.8) is 0 Å². The monoisotopic (exact) mass is 307 g/mol. The predicted octanol–water partition coefficient (Wildman–Crippen LogP) is 2.55. The Hall–Kier alpha value is -2.41. The number of rotatable bonds is 3. The van der Waals surface area contributed by atoms with Gasteiger partial charge in [0.2, 0.25) is 0 Å². The molecule has 0 saturated carbocycles. The third kappa shape index (κ3) is 3.19. The summed E-state index contributed by atoms with van der Waals surface area (Å²) >= 11 is 4.76. The topological polar surface area (TPSA) is 68.0 Å². The van der Waals surface area contributed by atoms with Gasteiger partial charge in [-0.1, -0.05) is 18.3 Å². The Morgan fingerprint density at radius 1 is 1.29 bits per heavy atom. The van der Waals surface area contributed by atoms with Gasteiger partial charge in [0.15, 0.2) is 5.82 Å². The highest BCUT2D eigenvalue weighted by molar-refractivity contribution is 7.80. The summed E-state index contributed by atoms with van der Waals surface area (Å²) in [7, 11) is 0. The molecule has 2 rings (SSSR count). The molecule has 0 fully saturated rings. The summed E-state index contributed by atoms with van der Waals surface area (Å²) < 4.78 is 27.4. The lowest BCUT2D eigenvalue weighted by Crippen LogP contribution is -2.17. The molecule has 2 aromatic rings. The average Bonchev–Trinajstić information content (AvgIpc) is 2.47. The van der Waals surface area contributed by atoms with Crippen LogP contribution in [0.4, 0.5) is 14.5 Å². The summed E-state index contributed by atoms with van der Waals surface area (Å²) in [5.74, 6) is -2.40. The number of anilines is 1. The molecule has 1 aromatic carbocycles. The smallest absolute Gasteiger partial charge is 0.274 e. The Kier molecular flexibility index (Phi) is 4.23. The van der Waals surface area contributed by atoms with E-state index in [2.05, 4.69) is 10.3 Å². The van der Waals surface area contributed by atoms with E-state index in [1.54, 1.807) is 0 Å². The normalized spacial score (nSPS) is 10.2. The number of nitrogens with zero attached hydrogens (tertiary/aromatic N) is 1. The molecule has 0 radical (unpaired) electrons. The fourth-order valence-electron chi connectivity index (χ4n) is 1.62. The summed E-state index contributed by atoms with van der Waals surface area (Å²) in [6.45, 7) is 1.47. The molecule has 0 saturated heterocycles. The molecule has 108 valence electrons. The number of thiocarbonyl (C=S) groups is 1. The molecule has 4 nitrogen and oxygen atoms in total. The second kappa shape index (κ2) is 5.92. The minimum atomic E-state index is -0.855. The molecule has 7 heteroatoms. The van der Waals surface area contributed by atoms with E-state index in [0.717, 1.165) is 6.07 Å². The van der Waals surface area contributed by atoms with Crippen LogP contribution in [0.3, 0.4) is 0 Å². The van der Waals surface area contributed by atoms with Crippen LogP contribution in [0.2, 0.25) is 0 Å². The lowest BCUT2D eigenvalue weighted by atomic mass is 10.2. The first kappa shape index (κ1) is 15.0. The van der Waals surface area contributed by atoms with Crippen molar-refractivity contribution in [1.82, 2.24) is 4.98 Å². The Morgan fingerprint density at radius 3 is 2.57 bits per heavy atom. The lowest BCUT2D eigenvalue weighted by Gasteiger charge is -2.09. The van der Waals surface area contributed by atoms with Crippen LogP contribution in [0, 0.1) is 18.6 Å². The second-order valence-electron chi connectivity index (χ2n) is 4.30. The van der Waals surface area contributed by atoms with E-state index in [1.807, 2.05) is 0 Å². The van der Waals surface area contributed by atoms with Crippen LogP contribution in [0.1, 0.15) is 21.6 Å². The number of hydrogen-bond acceptors (Lipinski definition) is 3. The zero-order valence-electron chi connectivity index (χ0n) is 11.0. The number of nitrogens with two attached hydrogens (primary N) is 1. The number of halogens is 2. The van der Waals surface area contributed by atoms with Gasteiger partial charge >= 0.3 is 0 Å². The van der Waals surface area contributed by atoms with E-state index < -0.39 is 23.2 Å². The summed E-state index contributed by atoms with van der Waals surface area (Å²) in [6.07, 6.45) is 1.32. The first-order chi connectivity index (χ1) is 9.90. The van der Waals surface area contributed by atoms with Crippen molar-refractivity contribution in [1.29, 1.82) is 0 Å². The maximum atomic E-state index is 13.8. The van der Waals surface area contributed by atoms with Crippen LogP contribution < -0.4 is 11.1 Å². The van der Waals surface area contributed by atoms with Crippen LogP contribution in [0.5, 0.6) is 0 Å². The van der Waals surface area contributed by atoms with E-state index in [4.69, 9.17) is 18.0 Å². The zero-order chi connectivity index (χ0) is 15.6. The predicted molar refractivity (Wildman–Crippen MR) is 79.2 cm³/mol. The van der Waals surface area contributed by atoms with Crippen molar-refractivity contribution in [3.8, 4) is 0 Å². The van der Waals surface area contributed by atoms with Crippen molar-refractivity contribution >= 4 is 28.8 Å². The summed E-state index contributed by atoms with van der Waals surface area (Å²) in [4.78, 5) is 15.9. The number of aromatic nitrogens is 1. The summed E-state index contributed by atoms with van der Waals surface area (Å²) in [5, 5.41) is 2.17. The summed E-state index contributed by atoms with van der Waals surface area (Å²) in [5.41, 5.74) is 5.63. The average molecular weight is 307 g/mol. The minimum absolute atomic E-state index is 0.00435. The molecule has 1 aromatic heterocycles. The van der Waals surface area contributed by atoms with Gasteiger partial charge < -0.3 is 11.1 Å². The van der Waals surface area contributed by atoms with E-state index in [1.165, 1.54) is 31.3 Å². The number of pyridine rings is 1. The van der Waals surface area contributed by atoms with E-state index in [9.17, 15) is 13.6 Å². The van der Waals surface area contributed by atoms with Gasteiger partial charge in [-0.3, -0.25) is 9.78 Å². The molecule has 21 heavy (non-hydrogen) atoms. The Labute approximate surface area is 125 Å². The molecule has 1 heterocycles. The molecular weight excluding hydrogens is 296 g/mol. The zero-order valence-corrected chi connectivity index (χ0v) is 11.8. The minimum Gasteiger partial charge on any atom is -0.389 e. The van der Waals surface area contributed by atoms with Crippen LogP contribution in [0.25, 0.3) is 0 Å². The van der Waals surface area contributed by atoms with Crippen LogP contribution in [-0.2, 0) is 0 Å². The fourth-order valence-corrected chi connectivity index (χ4v) is 1.74. The molecule has 0 aliphatic heterocycles. The van der Waals surface area contributed by atoms with Gasteiger partial charge in [-0.2, -0.15) is 0 Å². The van der Waals surface area contributed by atoms with Crippen molar-refractivity contribution in [2.24, 2.45) is 5.73 Å². The molecule has 0 aliphatic rings. The first-order valence-electron chi connectivity index (χ1n) is 5.92. The van der Waals surface area contributed by atoms with E-state index in [0.29, 0.717) is 5.56 Å². The first-order valence-corrected chi connectivity index (χ1v) is 6.32. The van der Waals surface area contributed by atoms with Gasteiger partial charge in [0.25, 0.3) is 5.91 Å². The molecular formula is C14H11F2N3OS. The van der Waals surface area contributed by atoms with Crippen molar-refractivity contribution in [3.05, 3.63) is 58.9 Å². The molecule has 0 spiro atoms. The molecule has 0 aliphatic carbocycles. The van der Waals surface area contributed by atoms with Crippen LogP contribution in [0.15, 0.2) is 30.5 Å². The summed E-state index contributed by atoms with van der Waals surface area (Å²) in [6, 6.07) is 5.25. The van der Waals surface area contributed by atoms with E-state index in [-0.39, 0.29) is 16.2 Å². The van der Waals surface area contributed by atoms with Crippen molar-refractivity contribution in [2.45, 2.75) is 6.92 Å². The Morgan fingerprint density at radius 2 is 2.00 bits per heavy atom. The van der Waals surface area contributed by atoms with Crippen molar-refractivity contribution < 1.29 is 13.6 Å². The van der Waals surface area contributed by atoms with Crippen LogP contribution >= 0.6 is 12.2 Å². The van der Waals surface area contributed by atoms with E-state index >= 15 is 0 Å². The molecule has 0 bridgehead atoms. The third-order valence-electron chi connectivity index (χ3n) is 2.80. The quantitative estimate of drug-likeness (QED) is 0.855. The standard InChI is InChI=1S/C14H11F2N3OS/c1-7-2-4-9(15)12(11(7)16)19-14(20)10-5-3-8(6-18-10)13(17)21/h2-6H,1H3,(H2,17,21)(H,19,20). The second-order valence-corrected chi connectivity index (χ2v) is 4.74. The van der Waals surface area contributed by atoms with Gasteiger partial charge in [-0.25, -0.2) is 8.78 Å². The number of aryl methyl sites for hydroxylation is 1.